The van der Waals surface area contributed by atoms with E-state index in [1.165, 1.54) is 12.1 Å². The van der Waals surface area contributed by atoms with E-state index in [2.05, 4.69) is 22.8 Å². The van der Waals surface area contributed by atoms with Crippen LogP contribution in [0.4, 0.5) is 0 Å². The number of amides is 2. The number of allylic oxidation sites excluding steroid dienone is 2. The Kier molecular flexibility index (Phi) is 6.01. The number of nitrogens with one attached hydrogen (secondary N) is 2. The first-order valence-corrected chi connectivity index (χ1v) is 7.67. The third-order valence-corrected chi connectivity index (χ3v) is 3.69. The molecule has 2 rings (SSSR count). The maximum atomic E-state index is 11.9. The lowest BCUT2D eigenvalue weighted by Gasteiger charge is -2.17. The van der Waals surface area contributed by atoms with Crippen LogP contribution in [-0.4, -0.2) is 30.0 Å². The second-order valence-corrected chi connectivity index (χ2v) is 5.43. The summed E-state index contributed by atoms with van der Waals surface area (Å²) in [5.74, 6) is 0.0385. The Morgan fingerprint density at radius 1 is 1.18 bits per heavy atom. The quantitative estimate of drug-likeness (QED) is 0.555. The van der Waals surface area contributed by atoms with Crippen molar-refractivity contribution in [3.05, 3.63) is 42.0 Å². The monoisotopic (exact) mass is 302 g/mol. The first kappa shape index (κ1) is 16.1. The van der Waals surface area contributed by atoms with Gasteiger partial charge in [-0.15, -0.1) is 0 Å². The van der Waals surface area contributed by atoms with Gasteiger partial charge < -0.3 is 15.7 Å². The van der Waals surface area contributed by atoms with Gasteiger partial charge in [0.25, 0.3) is 5.91 Å². The van der Waals surface area contributed by atoms with E-state index in [0.717, 1.165) is 19.3 Å². The van der Waals surface area contributed by atoms with Gasteiger partial charge in [0.1, 0.15) is 5.75 Å². The largest absolute Gasteiger partial charge is 0.508 e. The topological polar surface area (TPSA) is 78.4 Å². The van der Waals surface area contributed by atoms with Crippen LogP contribution in [0.25, 0.3) is 0 Å². The van der Waals surface area contributed by atoms with Crippen LogP contribution < -0.4 is 10.6 Å². The molecule has 2 amide bonds. The Balaban J connectivity index is 1.62. The summed E-state index contributed by atoms with van der Waals surface area (Å²) in [6.45, 7) is 1.04. The molecule has 0 aliphatic heterocycles. The van der Waals surface area contributed by atoms with Crippen LogP contribution in [0.3, 0.4) is 0 Å². The minimum absolute atomic E-state index is 0.0708. The normalized spacial score (nSPS) is 17.0. The molecule has 1 unspecified atom stereocenters. The molecule has 0 aromatic heterocycles. The molecule has 3 N–H and O–H groups in total. The molecule has 5 nitrogen and oxygen atoms in total. The molecular formula is C17H22N2O3. The van der Waals surface area contributed by atoms with Gasteiger partial charge in [-0.3, -0.25) is 9.59 Å². The van der Waals surface area contributed by atoms with E-state index in [9.17, 15) is 14.7 Å². The number of phenols is 1. The number of benzene rings is 1. The van der Waals surface area contributed by atoms with Crippen molar-refractivity contribution in [2.75, 3.05) is 13.1 Å². The number of aromatic hydroxyl groups is 1. The Hall–Kier alpha value is -2.30. The van der Waals surface area contributed by atoms with Gasteiger partial charge in [-0.05, 0) is 43.9 Å². The average Bonchev–Trinajstić information content (AvgIpc) is 2.55. The highest BCUT2D eigenvalue weighted by Gasteiger charge is 2.17. The summed E-state index contributed by atoms with van der Waals surface area (Å²) in [5, 5.41) is 15.0. The summed E-state index contributed by atoms with van der Waals surface area (Å²) >= 11 is 0. The molecule has 0 heterocycles. The number of hydrogen-bond acceptors (Lipinski definition) is 3. The number of carbonyl (C=O) groups is 2. The second kappa shape index (κ2) is 8.22. The molecule has 5 heteroatoms. The highest BCUT2D eigenvalue weighted by Crippen LogP contribution is 2.17. The van der Waals surface area contributed by atoms with Crippen molar-refractivity contribution < 1.29 is 14.7 Å². The molecule has 1 atom stereocenters. The third-order valence-electron chi connectivity index (χ3n) is 3.69. The Morgan fingerprint density at radius 2 is 2.00 bits per heavy atom. The van der Waals surface area contributed by atoms with Crippen molar-refractivity contribution in [3.63, 3.8) is 0 Å². The molecule has 0 saturated heterocycles. The average molecular weight is 302 g/mol. The maximum absolute atomic E-state index is 11.9. The highest BCUT2D eigenvalue weighted by molar-refractivity contribution is 5.94. The fraction of sp³-hybridized carbons (Fsp3) is 0.412. The van der Waals surface area contributed by atoms with E-state index < -0.39 is 0 Å². The first-order valence-electron chi connectivity index (χ1n) is 7.67. The molecule has 0 fully saturated rings. The highest BCUT2D eigenvalue weighted by atomic mass is 16.3. The standard InChI is InChI=1S/C17H22N2O3/c20-15-9-4-8-14(12-15)17(22)19-11-5-10-18-16(21)13-6-2-1-3-7-13/h1-2,4,8-9,12-13,20H,3,5-7,10-11H2,(H,18,21)(H,19,22). The summed E-state index contributed by atoms with van der Waals surface area (Å²) in [4.78, 5) is 23.7. The van der Waals surface area contributed by atoms with Crippen LogP contribution >= 0.6 is 0 Å². The van der Waals surface area contributed by atoms with Gasteiger partial charge in [0.05, 0.1) is 0 Å². The lowest BCUT2D eigenvalue weighted by atomic mass is 9.94. The van der Waals surface area contributed by atoms with Gasteiger partial charge in [0, 0.05) is 24.6 Å². The van der Waals surface area contributed by atoms with E-state index in [1.807, 2.05) is 0 Å². The van der Waals surface area contributed by atoms with E-state index in [1.54, 1.807) is 12.1 Å². The lowest BCUT2D eigenvalue weighted by Crippen LogP contribution is -2.34. The molecule has 1 aromatic carbocycles. The van der Waals surface area contributed by atoms with Crippen LogP contribution in [0.5, 0.6) is 5.75 Å². The van der Waals surface area contributed by atoms with Crippen molar-refractivity contribution in [1.82, 2.24) is 10.6 Å². The van der Waals surface area contributed by atoms with Gasteiger partial charge in [-0.25, -0.2) is 0 Å². The predicted octanol–water partition coefficient (Wildman–Crippen LogP) is 1.98. The fourth-order valence-electron chi connectivity index (χ4n) is 2.43. The fourth-order valence-corrected chi connectivity index (χ4v) is 2.43. The lowest BCUT2D eigenvalue weighted by molar-refractivity contribution is -0.125. The summed E-state index contributed by atoms with van der Waals surface area (Å²) in [6, 6.07) is 6.22. The van der Waals surface area contributed by atoms with Crippen molar-refractivity contribution >= 4 is 11.8 Å². The van der Waals surface area contributed by atoms with E-state index in [4.69, 9.17) is 0 Å². The Labute approximate surface area is 130 Å². The minimum Gasteiger partial charge on any atom is -0.508 e. The molecule has 0 bridgehead atoms. The summed E-state index contributed by atoms with van der Waals surface area (Å²) < 4.78 is 0. The number of rotatable bonds is 6. The van der Waals surface area contributed by atoms with E-state index >= 15 is 0 Å². The third kappa shape index (κ3) is 4.91. The molecule has 1 aromatic rings. The summed E-state index contributed by atoms with van der Waals surface area (Å²) in [5.41, 5.74) is 0.429. The first-order chi connectivity index (χ1) is 10.7. The molecule has 1 aliphatic carbocycles. The molecule has 0 spiro atoms. The van der Waals surface area contributed by atoms with Gasteiger partial charge in [0.2, 0.25) is 5.91 Å². The van der Waals surface area contributed by atoms with E-state index in [-0.39, 0.29) is 23.5 Å². The predicted molar refractivity (Wildman–Crippen MR) is 84.5 cm³/mol. The number of carbonyl (C=O) groups excluding carboxylic acids is 2. The van der Waals surface area contributed by atoms with Crippen molar-refractivity contribution in [3.8, 4) is 5.75 Å². The van der Waals surface area contributed by atoms with Gasteiger partial charge in [-0.2, -0.15) is 0 Å². The molecule has 1 aliphatic rings. The van der Waals surface area contributed by atoms with Crippen LogP contribution in [0.1, 0.15) is 36.0 Å². The van der Waals surface area contributed by atoms with Crippen LogP contribution in [0, 0.1) is 5.92 Å². The van der Waals surface area contributed by atoms with Gasteiger partial charge >= 0.3 is 0 Å². The van der Waals surface area contributed by atoms with Crippen molar-refractivity contribution in [2.45, 2.75) is 25.7 Å². The van der Waals surface area contributed by atoms with E-state index in [0.29, 0.717) is 25.1 Å². The molecule has 22 heavy (non-hydrogen) atoms. The molecular weight excluding hydrogens is 280 g/mol. The summed E-state index contributed by atoms with van der Waals surface area (Å²) in [7, 11) is 0. The molecule has 0 saturated carbocycles. The van der Waals surface area contributed by atoms with Crippen LogP contribution in [0.2, 0.25) is 0 Å². The zero-order valence-electron chi connectivity index (χ0n) is 12.5. The van der Waals surface area contributed by atoms with Crippen molar-refractivity contribution in [2.24, 2.45) is 5.92 Å². The van der Waals surface area contributed by atoms with Crippen molar-refractivity contribution in [1.29, 1.82) is 0 Å². The zero-order chi connectivity index (χ0) is 15.8. The van der Waals surface area contributed by atoms with Crippen LogP contribution in [0.15, 0.2) is 36.4 Å². The molecule has 118 valence electrons. The Morgan fingerprint density at radius 3 is 2.73 bits per heavy atom. The van der Waals surface area contributed by atoms with Crippen LogP contribution in [-0.2, 0) is 4.79 Å². The molecule has 0 radical (unpaired) electrons. The second-order valence-electron chi connectivity index (χ2n) is 5.43. The number of phenolic OH excluding ortho intramolecular Hbond substituents is 1. The van der Waals surface area contributed by atoms with Gasteiger partial charge in [0.15, 0.2) is 0 Å². The van der Waals surface area contributed by atoms with Gasteiger partial charge in [-0.1, -0.05) is 18.2 Å². The SMILES string of the molecule is O=C(NCCCNC(=O)C1CC=CCC1)c1cccc(O)c1. The summed E-state index contributed by atoms with van der Waals surface area (Å²) in [6.07, 6.45) is 7.55. The zero-order valence-corrected chi connectivity index (χ0v) is 12.5. The smallest absolute Gasteiger partial charge is 0.251 e. The number of hydrogen-bond donors (Lipinski definition) is 3. The Bertz CT molecular complexity index is 555. The maximum Gasteiger partial charge on any atom is 0.251 e. The minimum atomic E-state index is -0.223.